The summed E-state index contributed by atoms with van der Waals surface area (Å²) < 4.78 is 29.0. The summed E-state index contributed by atoms with van der Waals surface area (Å²) in [7, 11) is -2.13. The Morgan fingerprint density at radius 2 is 1.95 bits per heavy atom. The molecule has 1 aromatic heterocycles. The van der Waals surface area contributed by atoms with Crippen LogP contribution in [0.3, 0.4) is 0 Å². The largest absolute Gasteiger partial charge is 0.372 e. The van der Waals surface area contributed by atoms with Crippen LogP contribution in [-0.2, 0) is 10.0 Å². The van der Waals surface area contributed by atoms with Crippen LogP contribution in [-0.4, -0.2) is 20.4 Å². The predicted molar refractivity (Wildman–Crippen MR) is 91.2 cm³/mol. The maximum Gasteiger partial charge on any atom is 0.265 e. The fourth-order valence-corrected chi connectivity index (χ4v) is 3.98. The second-order valence-electron chi connectivity index (χ2n) is 4.29. The molecule has 8 heteroatoms. The summed E-state index contributed by atoms with van der Waals surface area (Å²) in [5.74, 6) is 0.287. The number of pyridine rings is 1. The molecule has 21 heavy (non-hydrogen) atoms. The van der Waals surface area contributed by atoms with Gasteiger partial charge in [-0.3, -0.25) is 4.72 Å². The summed E-state index contributed by atoms with van der Waals surface area (Å²) in [5.41, 5.74) is 1.42. The average Bonchev–Trinajstić information content (AvgIpc) is 2.44. The standard InChI is InChI=1S/C13H13Br2N3O2S/c1-8-4-3-5-10(12(8)15)18-21(19,20)11-6-9(14)7-17-13(11)16-2/h3-7,18H,1-2H3,(H,16,17). The number of aromatic nitrogens is 1. The molecule has 5 nitrogen and oxygen atoms in total. The van der Waals surface area contributed by atoms with Crippen LogP contribution in [0.5, 0.6) is 0 Å². The molecule has 112 valence electrons. The van der Waals surface area contributed by atoms with E-state index >= 15 is 0 Å². The van der Waals surface area contributed by atoms with Gasteiger partial charge in [-0.25, -0.2) is 13.4 Å². The van der Waals surface area contributed by atoms with Gasteiger partial charge in [-0.15, -0.1) is 0 Å². The molecule has 2 N–H and O–H groups in total. The van der Waals surface area contributed by atoms with Crippen molar-refractivity contribution in [2.45, 2.75) is 11.8 Å². The molecule has 0 atom stereocenters. The summed E-state index contributed by atoms with van der Waals surface area (Å²) in [6.07, 6.45) is 1.54. The van der Waals surface area contributed by atoms with Crippen LogP contribution in [0.15, 0.2) is 44.3 Å². The number of nitrogens with one attached hydrogen (secondary N) is 2. The third-order valence-corrected chi connectivity index (χ3v) is 5.65. The van der Waals surface area contributed by atoms with Crippen molar-refractivity contribution < 1.29 is 8.42 Å². The van der Waals surface area contributed by atoms with Crippen molar-refractivity contribution in [1.29, 1.82) is 0 Å². The van der Waals surface area contributed by atoms with Crippen LogP contribution in [0.4, 0.5) is 11.5 Å². The van der Waals surface area contributed by atoms with Crippen molar-refractivity contribution in [3.05, 3.63) is 45.0 Å². The molecular formula is C13H13Br2N3O2S. The van der Waals surface area contributed by atoms with Crippen LogP contribution in [0.2, 0.25) is 0 Å². The maximum absolute atomic E-state index is 12.6. The Bertz CT molecular complexity index is 779. The highest BCUT2D eigenvalue weighted by atomic mass is 79.9. The Labute approximate surface area is 140 Å². The fraction of sp³-hybridized carbons (Fsp3) is 0.154. The molecule has 0 saturated heterocycles. The molecule has 2 rings (SSSR count). The van der Waals surface area contributed by atoms with Gasteiger partial charge in [-0.2, -0.15) is 0 Å². The summed E-state index contributed by atoms with van der Waals surface area (Å²) in [6.45, 7) is 1.89. The monoisotopic (exact) mass is 433 g/mol. The Morgan fingerprint density at radius 1 is 1.24 bits per heavy atom. The van der Waals surface area contributed by atoms with Crippen LogP contribution < -0.4 is 10.0 Å². The number of rotatable bonds is 4. The first-order valence-corrected chi connectivity index (χ1v) is 9.03. The Hall–Kier alpha value is -1.12. The van der Waals surface area contributed by atoms with Crippen molar-refractivity contribution in [1.82, 2.24) is 4.98 Å². The van der Waals surface area contributed by atoms with Crippen molar-refractivity contribution in [2.24, 2.45) is 0 Å². The van der Waals surface area contributed by atoms with Crippen molar-refractivity contribution >= 4 is 53.4 Å². The first-order chi connectivity index (χ1) is 9.85. The summed E-state index contributed by atoms with van der Waals surface area (Å²) in [4.78, 5) is 4.13. The molecule has 0 saturated carbocycles. The lowest BCUT2D eigenvalue weighted by Crippen LogP contribution is -2.16. The number of nitrogens with zero attached hydrogens (tertiary/aromatic N) is 1. The molecule has 0 unspecified atom stereocenters. The van der Waals surface area contributed by atoms with E-state index in [0.29, 0.717) is 14.6 Å². The van der Waals surface area contributed by atoms with Crippen LogP contribution >= 0.6 is 31.9 Å². The van der Waals surface area contributed by atoms with E-state index in [2.05, 4.69) is 46.9 Å². The second-order valence-corrected chi connectivity index (χ2v) is 7.65. The molecule has 0 fully saturated rings. The van der Waals surface area contributed by atoms with Crippen molar-refractivity contribution in [3.63, 3.8) is 0 Å². The van der Waals surface area contributed by atoms with E-state index < -0.39 is 10.0 Å². The lowest BCUT2D eigenvalue weighted by molar-refractivity contribution is 0.601. The van der Waals surface area contributed by atoms with E-state index in [9.17, 15) is 8.42 Å². The molecule has 1 aromatic carbocycles. The van der Waals surface area contributed by atoms with Gasteiger partial charge in [0.05, 0.1) is 5.69 Å². The highest BCUT2D eigenvalue weighted by Crippen LogP contribution is 2.30. The van der Waals surface area contributed by atoms with Crippen LogP contribution in [0.1, 0.15) is 5.56 Å². The van der Waals surface area contributed by atoms with Gasteiger partial charge in [0.15, 0.2) is 0 Å². The van der Waals surface area contributed by atoms with E-state index in [1.807, 2.05) is 13.0 Å². The fourth-order valence-electron chi connectivity index (χ4n) is 1.74. The molecule has 0 bridgehead atoms. The maximum atomic E-state index is 12.6. The topological polar surface area (TPSA) is 71.1 Å². The quantitative estimate of drug-likeness (QED) is 0.768. The Kier molecular flexibility index (Phi) is 4.90. The van der Waals surface area contributed by atoms with E-state index in [1.165, 1.54) is 12.3 Å². The van der Waals surface area contributed by atoms with E-state index in [1.54, 1.807) is 19.2 Å². The summed E-state index contributed by atoms with van der Waals surface area (Å²) >= 11 is 6.63. The zero-order valence-electron chi connectivity index (χ0n) is 11.3. The predicted octanol–water partition coefficient (Wildman–Crippen LogP) is 3.76. The number of halogens is 2. The van der Waals surface area contributed by atoms with Gasteiger partial charge in [-0.05, 0) is 56.5 Å². The lowest BCUT2D eigenvalue weighted by atomic mass is 10.2. The van der Waals surface area contributed by atoms with E-state index in [0.717, 1.165) is 5.56 Å². The van der Waals surface area contributed by atoms with Crippen molar-refractivity contribution in [3.8, 4) is 0 Å². The molecule has 0 radical (unpaired) electrons. The van der Waals surface area contributed by atoms with Gasteiger partial charge in [0.1, 0.15) is 10.7 Å². The third kappa shape index (κ3) is 3.56. The van der Waals surface area contributed by atoms with Gasteiger partial charge in [0, 0.05) is 22.2 Å². The first kappa shape index (κ1) is 16.3. The lowest BCUT2D eigenvalue weighted by Gasteiger charge is -2.13. The van der Waals surface area contributed by atoms with Gasteiger partial charge >= 0.3 is 0 Å². The zero-order valence-corrected chi connectivity index (χ0v) is 15.3. The third-order valence-electron chi connectivity index (χ3n) is 2.78. The zero-order chi connectivity index (χ0) is 15.6. The minimum Gasteiger partial charge on any atom is -0.372 e. The smallest absolute Gasteiger partial charge is 0.265 e. The highest BCUT2D eigenvalue weighted by Gasteiger charge is 2.21. The van der Waals surface area contributed by atoms with E-state index in [4.69, 9.17) is 0 Å². The number of hydrogen-bond donors (Lipinski definition) is 2. The Balaban J connectivity index is 2.48. The molecule has 1 heterocycles. The first-order valence-electron chi connectivity index (χ1n) is 5.96. The normalized spacial score (nSPS) is 11.2. The summed E-state index contributed by atoms with van der Waals surface area (Å²) in [5, 5.41) is 2.78. The molecular weight excluding hydrogens is 422 g/mol. The number of benzene rings is 1. The van der Waals surface area contributed by atoms with E-state index in [-0.39, 0.29) is 10.7 Å². The number of hydrogen-bond acceptors (Lipinski definition) is 4. The number of sulfonamides is 1. The average molecular weight is 435 g/mol. The van der Waals surface area contributed by atoms with Crippen LogP contribution in [0, 0.1) is 6.92 Å². The summed E-state index contributed by atoms with van der Waals surface area (Å²) in [6, 6.07) is 6.88. The van der Waals surface area contributed by atoms with Gasteiger partial charge < -0.3 is 5.32 Å². The molecule has 0 aliphatic heterocycles. The minimum absolute atomic E-state index is 0.0766. The molecule has 0 amide bonds. The second kappa shape index (κ2) is 6.33. The van der Waals surface area contributed by atoms with Crippen LogP contribution in [0.25, 0.3) is 0 Å². The molecule has 2 aromatic rings. The highest BCUT2D eigenvalue weighted by molar-refractivity contribution is 9.11. The van der Waals surface area contributed by atoms with Gasteiger partial charge in [0.2, 0.25) is 0 Å². The molecule has 0 aliphatic rings. The minimum atomic E-state index is -3.75. The van der Waals surface area contributed by atoms with Crippen molar-refractivity contribution in [2.75, 3.05) is 17.1 Å². The SMILES string of the molecule is CNc1ncc(Br)cc1S(=O)(=O)Nc1cccc(C)c1Br. The number of aryl methyl sites for hydroxylation is 1. The molecule has 0 spiro atoms. The van der Waals surface area contributed by atoms with Gasteiger partial charge in [-0.1, -0.05) is 12.1 Å². The molecule has 0 aliphatic carbocycles. The number of anilines is 2. The van der Waals surface area contributed by atoms with Gasteiger partial charge in [0.25, 0.3) is 10.0 Å². The Morgan fingerprint density at radius 3 is 2.62 bits per heavy atom.